The summed E-state index contributed by atoms with van der Waals surface area (Å²) in [5.41, 5.74) is 0. The van der Waals surface area contributed by atoms with Crippen molar-refractivity contribution >= 4 is 21.9 Å². The van der Waals surface area contributed by atoms with Crippen molar-refractivity contribution in [2.45, 2.75) is 26.2 Å². The molecule has 0 aliphatic carbocycles. The van der Waals surface area contributed by atoms with Crippen LogP contribution in [0.15, 0.2) is 0 Å². The topological polar surface area (TPSA) is 95.0 Å². The molecule has 1 saturated heterocycles. The Morgan fingerprint density at radius 3 is 2.16 bits per heavy atom. The first kappa shape index (κ1) is 15.9. The van der Waals surface area contributed by atoms with Crippen LogP contribution < -0.4 is 0 Å². The van der Waals surface area contributed by atoms with Gasteiger partial charge in [-0.15, -0.1) is 0 Å². The van der Waals surface area contributed by atoms with Crippen molar-refractivity contribution in [1.29, 1.82) is 0 Å². The lowest BCUT2D eigenvalue weighted by Gasteiger charge is -2.34. The maximum absolute atomic E-state index is 11.8. The van der Waals surface area contributed by atoms with Gasteiger partial charge in [-0.3, -0.25) is 9.59 Å². The molecule has 0 spiro atoms. The van der Waals surface area contributed by atoms with E-state index in [0.717, 1.165) is 0 Å². The molecule has 0 radical (unpaired) electrons. The molecule has 1 heterocycles. The van der Waals surface area contributed by atoms with E-state index in [0.29, 0.717) is 32.6 Å². The van der Waals surface area contributed by atoms with E-state index in [1.54, 1.807) is 0 Å². The molecule has 1 rings (SSSR count). The van der Waals surface area contributed by atoms with E-state index in [-0.39, 0.29) is 24.5 Å². The summed E-state index contributed by atoms with van der Waals surface area (Å²) in [5, 5.41) is 8.51. The Morgan fingerprint density at radius 2 is 1.68 bits per heavy atom. The van der Waals surface area contributed by atoms with Gasteiger partial charge in [-0.2, -0.15) is 4.31 Å². The number of hydrogen-bond acceptors (Lipinski definition) is 4. The van der Waals surface area contributed by atoms with Gasteiger partial charge in [0.15, 0.2) is 0 Å². The van der Waals surface area contributed by atoms with Crippen molar-refractivity contribution < 1.29 is 23.1 Å². The van der Waals surface area contributed by atoms with Crippen molar-refractivity contribution in [3.63, 3.8) is 0 Å². The van der Waals surface area contributed by atoms with Gasteiger partial charge in [0.25, 0.3) is 0 Å². The average molecular weight is 292 g/mol. The fourth-order valence-electron chi connectivity index (χ4n) is 1.97. The minimum atomic E-state index is -3.21. The molecule has 0 unspecified atom stereocenters. The van der Waals surface area contributed by atoms with E-state index in [1.807, 2.05) is 6.92 Å². The summed E-state index contributed by atoms with van der Waals surface area (Å²) in [7, 11) is -3.21. The maximum Gasteiger partial charge on any atom is 0.303 e. The van der Waals surface area contributed by atoms with Crippen LogP contribution >= 0.6 is 0 Å². The number of amides is 1. The Balaban J connectivity index is 2.44. The second-order valence-corrected chi connectivity index (χ2v) is 6.58. The fraction of sp³-hybridized carbons (Fsp3) is 0.818. The molecule has 7 nitrogen and oxygen atoms in total. The van der Waals surface area contributed by atoms with E-state index in [1.165, 1.54) is 9.21 Å². The molecule has 0 aromatic heterocycles. The van der Waals surface area contributed by atoms with Gasteiger partial charge in [0.1, 0.15) is 0 Å². The lowest BCUT2D eigenvalue weighted by molar-refractivity contribution is -0.141. The minimum Gasteiger partial charge on any atom is -0.481 e. The number of nitrogens with zero attached hydrogens (tertiary/aromatic N) is 2. The lowest BCUT2D eigenvalue weighted by atomic mass is 10.2. The minimum absolute atomic E-state index is 0.0307. The Labute approximate surface area is 113 Å². The molecule has 19 heavy (non-hydrogen) atoms. The molecule has 8 heteroatoms. The number of carboxylic acid groups (broad SMARTS) is 1. The molecular formula is C11H20N2O5S. The fourth-order valence-corrected chi connectivity index (χ4v) is 3.47. The lowest BCUT2D eigenvalue weighted by Crippen LogP contribution is -2.51. The van der Waals surface area contributed by atoms with Gasteiger partial charge in [0.05, 0.1) is 12.2 Å². The Kier molecular flexibility index (Phi) is 5.74. The summed E-state index contributed by atoms with van der Waals surface area (Å²) in [5.74, 6) is -1.10. The molecule has 1 N–H and O–H groups in total. The summed E-state index contributed by atoms with van der Waals surface area (Å²) in [6, 6.07) is 0. The molecule has 1 amide bonds. The molecular weight excluding hydrogens is 272 g/mol. The van der Waals surface area contributed by atoms with E-state index in [2.05, 4.69) is 0 Å². The molecule has 0 aromatic rings. The standard InChI is InChI=1S/C11H20N2O5S/c1-2-9-19(17,18)13-7-5-12(6-8-13)10(14)3-4-11(15)16/h2-9H2,1H3,(H,15,16). The van der Waals surface area contributed by atoms with Crippen molar-refractivity contribution in [3.8, 4) is 0 Å². The van der Waals surface area contributed by atoms with Crippen LogP contribution in [0.4, 0.5) is 0 Å². The number of carbonyl (C=O) groups excluding carboxylic acids is 1. The predicted molar refractivity (Wildman–Crippen MR) is 69.1 cm³/mol. The third kappa shape index (κ3) is 4.79. The quantitative estimate of drug-likeness (QED) is 0.727. The van der Waals surface area contributed by atoms with Crippen LogP contribution in [-0.4, -0.2) is 66.5 Å². The Hall–Kier alpha value is -1.15. The van der Waals surface area contributed by atoms with Crippen LogP contribution in [0.25, 0.3) is 0 Å². The highest BCUT2D eigenvalue weighted by molar-refractivity contribution is 7.89. The molecule has 1 aliphatic heterocycles. The molecule has 0 bridgehead atoms. The van der Waals surface area contributed by atoms with Crippen LogP contribution in [0.3, 0.4) is 0 Å². The summed E-state index contributed by atoms with van der Waals surface area (Å²) in [6.07, 6.45) is 0.352. The monoisotopic (exact) mass is 292 g/mol. The van der Waals surface area contributed by atoms with Crippen LogP contribution in [0, 0.1) is 0 Å². The number of rotatable bonds is 6. The van der Waals surface area contributed by atoms with Gasteiger partial charge in [0, 0.05) is 32.6 Å². The Bertz CT molecular complexity index is 426. The second kappa shape index (κ2) is 6.85. The number of carbonyl (C=O) groups is 2. The molecule has 1 aliphatic rings. The Morgan fingerprint density at radius 1 is 1.11 bits per heavy atom. The van der Waals surface area contributed by atoms with Crippen LogP contribution in [0.1, 0.15) is 26.2 Å². The SMILES string of the molecule is CCCS(=O)(=O)N1CCN(C(=O)CCC(=O)O)CC1. The summed E-state index contributed by atoms with van der Waals surface area (Å²) in [4.78, 5) is 23.6. The van der Waals surface area contributed by atoms with Gasteiger partial charge < -0.3 is 10.0 Å². The first-order valence-corrected chi connectivity index (χ1v) is 7.95. The third-order valence-corrected chi connectivity index (χ3v) is 5.08. The average Bonchev–Trinajstić information content (AvgIpc) is 2.36. The highest BCUT2D eigenvalue weighted by Gasteiger charge is 2.27. The van der Waals surface area contributed by atoms with E-state index in [4.69, 9.17) is 5.11 Å². The molecule has 0 aromatic carbocycles. The first-order chi connectivity index (χ1) is 8.86. The van der Waals surface area contributed by atoms with Crippen molar-refractivity contribution in [1.82, 2.24) is 9.21 Å². The third-order valence-electron chi connectivity index (χ3n) is 3.00. The first-order valence-electron chi connectivity index (χ1n) is 6.34. The van der Waals surface area contributed by atoms with Gasteiger partial charge in [0.2, 0.25) is 15.9 Å². The number of sulfonamides is 1. The zero-order valence-corrected chi connectivity index (χ0v) is 11.9. The second-order valence-electron chi connectivity index (χ2n) is 4.49. The van der Waals surface area contributed by atoms with Crippen LogP contribution in [0.2, 0.25) is 0 Å². The zero-order chi connectivity index (χ0) is 14.5. The largest absolute Gasteiger partial charge is 0.481 e. The van der Waals surface area contributed by atoms with Gasteiger partial charge >= 0.3 is 5.97 Å². The van der Waals surface area contributed by atoms with Crippen molar-refractivity contribution in [2.75, 3.05) is 31.9 Å². The normalized spacial score (nSPS) is 17.4. The molecule has 110 valence electrons. The summed E-state index contributed by atoms with van der Waals surface area (Å²) < 4.78 is 25.0. The molecule has 1 fully saturated rings. The van der Waals surface area contributed by atoms with Gasteiger partial charge in [-0.05, 0) is 6.42 Å². The summed E-state index contributed by atoms with van der Waals surface area (Å²) in [6.45, 7) is 3.06. The van der Waals surface area contributed by atoms with Crippen LogP contribution in [-0.2, 0) is 19.6 Å². The van der Waals surface area contributed by atoms with Gasteiger partial charge in [-0.1, -0.05) is 6.92 Å². The number of hydrogen-bond donors (Lipinski definition) is 1. The summed E-state index contributed by atoms with van der Waals surface area (Å²) >= 11 is 0. The van der Waals surface area contributed by atoms with E-state index >= 15 is 0 Å². The van der Waals surface area contributed by atoms with Crippen molar-refractivity contribution in [2.24, 2.45) is 0 Å². The maximum atomic E-state index is 11.8. The van der Waals surface area contributed by atoms with Crippen LogP contribution in [0.5, 0.6) is 0 Å². The number of carboxylic acids is 1. The smallest absolute Gasteiger partial charge is 0.303 e. The van der Waals surface area contributed by atoms with Gasteiger partial charge in [-0.25, -0.2) is 8.42 Å². The molecule has 0 saturated carbocycles. The highest BCUT2D eigenvalue weighted by Crippen LogP contribution is 2.10. The van der Waals surface area contributed by atoms with E-state index < -0.39 is 16.0 Å². The molecule has 0 atom stereocenters. The predicted octanol–water partition coefficient (Wildman–Crippen LogP) is -0.265. The zero-order valence-electron chi connectivity index (χ0n) is 11.0. The number of aliphatic carboxylic acids is 1. The van der Waals surface area contributed by atoms with E-state index in [9.17, 15) is 18.0 Å². The van der Waals surface area contributed by atoms with Crippen molar-refractivity contribution in [3.05, 3.63) is 0 Å². The highest BCUT2D eigenvalue weighted by atomic mass is 32.2. The number of piperazine rings is 1.